The lowest BCUT2D eigenvalue weighted by Crippen LogP contribution is -2.57. The van der Waals surface area contributed by atoms with Gasteiger partial charge in [0, 0.05) is 43.9 Å². The number of hydrogen-bond donors (Lipinski definition) is 1. The Hall–Kier alpha value is -4.54. The fourth-order valence-electron chi connectivity index (χ4n) is 7.50. The van der Waals surface area contributed by atoms with Gasteiger partial charge in [-0.2, -0.15) is 4.98 Å². The van der Waals surface area contributed by atoms with Crippen molar-refractivity contribution in [1.29, 1.82) is 0 Å². The molecule has 1 amide bonds. The van der Waals surface area contributed by atoms with Gasteiger partial charge in [-0.05, 0) is 81.3 Å². The Morgan fingerprint density at radius 1 is 1.06 bits per heavy atom. The first-order chi connectivity index (χ1) is 22.5. The molecular weight excluding hydrogens is 599 g/mol. The highest BCUT2D eigenvalue weighted by molar-refractivity contribution is 6.01. The number of piperazine rings is 1. The number of ether oxygens (including phenoxy) is 1. The Bertz CT molecular complexity index is 1850. The van der Waals surface area contributed by atoms with Crippen LogP contribution in [-0.2, 0) is 16.0 Å². The molecule has 3 saturated heterocycles. The van der Waals surface area contributed by atoms with Gasteiger partial charge in [-0.15, -0.1) is 0 Å². The third-order valence-electron chi connectivity index (χ3n) is 9.74. The number of fused-ring (bicyclic) bond motifs is 4. The van der Waals surface area contributed by atoms with Crippen LogP contribution < -0.4 is 9.80 Å². The fraction of sp³-hybridized carbons (Fsp3) is 0.472. The summed E-state index contributed by atoms with van der Waals surface area (Å²) in [4.78, 5) is 45.2. The van der Waals surface area contributed by atoms with E-state index >= 15 is 4.39 Å². The number of carbonyl (C=O) groups is 2. The van der Waals surface area contributed by atoms with Crippen molar-refractivity contribution in [2.24, 2.45) is 5.92 Å². The number of nitrogens with zero attached hydrogens (tertiary/aromatic N) is 6. The Labute approximate surface area is 273 Å². The number of pyridine rings is 1. The van der Waals surface area contributed by atoms with E-state index in [1.54, 1.807) is 18.3 Å². The molecule has 0 radical (unpaired) electrons. The number of halogens is 1. The van der Waals surface area contributed by atoms with Crippen LogP contribution in [0.3, 0.4) is 0 Å². The minimum Gasteiger partial charge on any atom is -0.508 e. The van der Waals surface area contributed by atoms with Crippen LogP contribution in [0.1, 0.15) is 58.9 Å². The predicted octanol–water partition coefficient (Wildman–Crippen LogP) is 6.26. The number of aromatic hydroxyl groups is 1. The second-order valence-corrected chi connectivity index (χ2v) is 14.0. The molecule has 0 saturated carbocycles. The zero-order valence-corrected chi connectivity index (χ0v) is 27.4. The summed E-state index contributed by atoms with van der Waals surface area (Å²) in [6.07, 6.45) is 6.11. The lowest BCUT2D eigenvalue weighted by molar-refractivity contribution is -0.111. The Morgan fingerprint density at radius 2 is 1.79 bits per heavy atom. The van der Waals surface area contributed by atoms with Gasteiger partial charge in [0.05, 0.1) is 17.5 Å². The van der Waals surface area contributed by atoms with Gasteiger partial charge in [0.25, 0.3) is 0 Å². The van der Waals surface area contributed by atoms with Crippen LogP contribution in [0.4, 0.5) is 21.0 Å². The van der Waals surface area contributed by atoms with Crippen LogP contribution in [0.25, 0.3) is 32.9 Å². The SMILES string of the molecule is CCc1cccc2cc(O)cc(-c3ncc4c(N5CC6CCC(C5)N6C(=O)OC(C)(C)C)nc(N5CCC(C=O)CC5)nc4c3F)c12. The maximum absolute atomic E-state index is 17.0. The molecule has 1 N–H and O–H groups in total. The average molecular weight is 641 g/mol. The van der Waals surface area contributed by atoms with Gasteiger partial charge in [-0.3, -0.25) is 9.88 Å². The summed E-state index contributed by atoms with van der Waals surface area (Å²) in [5.41, 5.74) is 1.21. The first-order valence-electron chi connectivity index (χ1n) is 16.6. The molecule has 11 heteroatoms. The van der Waals surface area contributed by atoms with Crippen molar-refractivity contribution >= 4 is 45.8 Å². The molecule has 4 aromatic rings. The topological polar surface area (TPSA) is 112 Å². The summed E-state index contributed by atoms with van der Waals surface area (Å²) < 4.78 is 22.7. The summed E-state index contributed by atoms with van der Waals surface area (Å²) in [5.74, 6) is 0.425. The zero-order valence-electron chi connectivity index (χ0n) is 27.4. The normalized spacial score (nSPS) is 20.3. The summed E-state index contributed by atoms with van der Waals surface area (Å²) in [6, 6.07) is 8.97. The number of aldehydes is 1. The van der Waals surface area contributed by atoms with Gasteiger partial charge < -0.3 is 24.4 Å². The smallest absolute Gasteiger partial charge is 0.410 e. The van der Waals surface area contributed by atoms with Crippen molar-refractivity contribution < 1.29 is 23.8 Å². The van der Waals surface area contributed by atoms with Crippen molar-refractivity contribution in [3.8, 4) is 17.0 Å². The van der Waals surface area contributed by atoms with E-state index in [0.717, 1.165) is 41.9 Å². The lowest BCUT2D eigenvalue weighted by Gasteiger charge is -2.42. The third-order valence-corrected chi connectivity index (χ3v) is 9.74. The Kier molecular flexibility index (Phi) is 7.88. The fourth-order valence-corrected chi connectivity index (χ4v) is 7.50. The summed E-state index contributed by atoms with van der Waals surface area (Å²) >= 11 is 0. The minimum atomic E-state index is -0.595. The van der Waals surface area contributed by atoms with Crippen molar-refractivity contribution in [3.63, 3.8) is 0 Å². The summed E-state index contributed by atoms with van der Waals surface area (Å²) in [7, 11) is 0. The lowest BCUT2D eigenvalue weighted by atomic mass is 9.95. The van der Waals surface area contributed by atoms with Gasteiger partial charge in [-0.1, -0.05) is 25.1 Å². The van der Waals surface area contributed by atoms with Crippen LogP contribution in [0.2, 0.25) is 0 Å². The highest BCUT2D eigenvalue weighted by Gasteiger charge is 2.45. The number of hydrogen-bond acceptors (Lipinski definition) is 9. The molecule has 10 nitrogen and oxygen atoms in total. The van der Waals surface area contributed by atoms with Gasteiger partial charge in [-0.25, -0.2) is 14.2 Å². The van der Waals surface area contributed by atoms with Crippen LogP contribution in [0.15, 0.2) is 36.5 Å². The number of amides is 1. The van der Waals surface area contributed by atoms with E-state index in [-0.39, 0.29) is 41.1 Å². The molecular formula is C36H41FN6O4. The largest absolute Gasteiger partial charge is 0.508 e. The monoisotopic (exact) mass is 640 g/mol. The van der Waals surface area contributed by atoms with Crippen LogP contribution >= 0.6 is 0 Å². The van der Waals surface area contributed by atoms with Gasteiger partial charge in [0.2, 0.25) is 5.95 Å². The number of phenols is 1. The van der Waals surface area contributed by atoms with E-state index in [9.17, 15) is 14.7 Å². The molecule has 0 aliphatic carbocycles. The molecule has 2 aromatic carbocycles. The Morgan fingerprint density at radius 3 is 2.45 bits per heavy atom. The molecule has 0 spiro atoms. The quantitative estimate of drug-likeness (QED) is 0.253. The van der Waals surface area contributed by atoms with E-state index < -0.39 is 11.4 Å². The van der Waals surface area contributed by atoms with Crippen molar-refractivity contribution in [1.82, 2.24) is 19.9 Å². The van der Waals surface area contributed by atoms with Crippen molar-refractivity contribution in [3.05, 3.63) is 47.9 Å². The molecule has 3 fully saturated rings. The molecule has 2 aromatic heterocycles. The number of benzene rings is 2. The standard InChI is InChI=1S/C36H41FN6O4/c1-5-22-7-6-8-23-15-26(45)16-27(29(22)23)31-30(37)32-28(17-38-31)33(40-34(39-32)41-13-11-21(20-44)12-14-41)42-18-24-9-10-25(19-42)43(24)35(46)47-36(2,3)4/h6-8,15-17,20-21,24-25,45H,5,9-14,18-19H2,1-4H3. The average Bonchev–Trinajstić information content (AvgIpc) is 3.32. The van der Waals surface area contributed by atoms with Crippen LogP contribution in [-0.4, -0.2) is 81.2 Å². The van der Waals surface area contributed by atoms with E-state index in [0.29, 0.717) is 61.7 Å². The molecule has 2 atom stereocenters. The first-order valence-corrected chi connectivity index (χ1v) is 16.6. The first kappa shape index (κ1) is 31.1. The molecule has 2 bridgehead atoms. The molecule has 3 aliphatic rings. The predicted molar refractivity (Wildman–Crippen MR) is 179 cm³/mol. The maximum atomic E-state index is 17.0. The highest BCUT2D eigenvalue weighted by Crippen LogP contribution is 2.40. The molecule has 2 unspecified atom stereocenters. The number of phenolic OH excluding ortho intramolecular Hbond substituents is 1. The number of piperidine rings is 1. The third kappa shape index (κ3) is 5.70. The van der Waals surface area contributed by atoms with Gasteiger partial charge in [0.1, 0.15) is 34.7 Å². The number of aromatic nitrogens is 3. The molecule has 7 rings (SSSR count). The van der Waals surface area contributed by atoms with Gasteiger partial charge in [0.15, 0.2) is 5.82 Å². The van der Waals surface area contributed by atoms with Crippen molar-refractivity contribution in [2.45, 2.75) is 77.5 Å². The maximum Gasteiger partial charge on any atom is 0.410 e. The van der Waals surface area contributed by atoms with E-state index in [1.165, 1.54) is 0 Å². The second-order valence-electron chi connectivity index (χ2n) is 14.0. The Balaban J connectivity index is 1.34. The molecule has 246 valence electrons. The number of anilines is 2. The van der Waals surface area contributed by atoms with Gasteiger partial charge >= 0.3 is 6.09 Å². The number of rotatable bonds is 5. The summed E-state index contributed by atoms with van der Waals surface area (Å²) in [5, 5.41) is 12.8. The van der Waals surface area contributed by atoms with E-state index in [1.807, 2.05) is 55.7 Å². The molecule has 3 aliphatic heterocycles. The van der Waals surface area contributed by atoms with Crippen LogP contribution in [0, 0.1) is 11.7 Å². The van der Waals surface area contributed by atoms with Crippen LogP contribution in [0.5, 0.6) is 5.75 Å². The van der Waals surface area contributed by atoms with E-state index in [4.69, 9.17) is 14.7 Å². The minimum absolute atomic E-state index is 0.0120. The molecule has 5 heterocycles. The van der Waals surface area contributed by atoms with E-state index in [2.05, 4.69) is 9.88 Å². The number of carbonyl (C=O) groups excluding carboxylic acids is 2. The zero-order chi connectivity index (χ0) is 33.0. The summed E-state index contributed by atoms with van der Waals surface area (Å²) in [6.45, 7) is 9.87. The second kappa shape index (κ2) is 11.9. The molecule has 47 heavy (non-hydrogen) atoms. The highest BCUT2D eigenvalue weighted by atomic mass is 19.1. The van der Waals surface area contributed by atoms with Crippen molar-refractivity contribution in [2.75, 3.05) is 36.0 Å². The number of aryl methyl sites for hydroxylation is 1.